The maximum absolute atomic E-state index is 12.1. The van der Waals surface area contributed by atoms with Gasteiger partial charge in [0.25, 0.3) is 0 Å². The first-order chi connectivity index (χ1) is 12.6. The number of carbonyl (C=O) groups excluding carboxylic acids is 1. The van der Waals surface area contributed by atoms with E-state index >= 15 is 0 Å². The van der Waals surface area contributed by atoms with Crippen molar-refractivity contribution in [3.8, 4) is 6.07 Å². The average Bonchev–Trinajstić information content (AvgIpc) is 2.63. The summed E-state index contributed by atoms with van der Waals surface area (Å²) in [6.07, 6.45) is 1.95. The lowest BCUT2D eigenvalue weighted by atomic mass is 10.1. The fraction of sp³-hybridized carbons (Fsp3) is 0.0952. The molecule has 1 amide bonds. The molecule has 2 N–H and O–H groups in total. The molecule has 5 heteroatoms. The fourth-order valence-electron chi connectivity index (χ4n) is 2.57. The average molecular weight is 342 g/mol. The molecule has 2 aromatic carbocycles. The normalized spacial score (nSPS) is 10.0. The van der Waals surface area contributed by atoms with Crippen molar-refractivity contribution in [1.82, 2.24) is 4.98 Å². The Hall–Kier alpha value is -3.65. The van der Waals surface area contributed by atoms with Gasteiger partial charge in [-0.3, -0.25) is 4.79 Å². The quantitative estimate of drug-likeness (QED) is 0.729. The Bertz CT molecular complexity index is 958. The van der Waals surface area contributed by atoms with Crippen molar-refractivity contribution < 1.29 is 4.79 Å². The van der Waals surface area contributed by atoms with Crippen LogP contribution in [-0.2, 0) is 11.2 Å². The van der Waals surface area contributed by atoms with Gasteiger partial charge in [0.1, 0.15) is 5.82 Å². The Morgan fingerprint density at radius 1 is 1.08 bits per heavy atom. The fourth-order valence-corrected chi connectivity index (χ4v) is 2.57. The second-order valence-corrected chi connectivity index (χ2v) is 5.96. The summed E-state index contributed by atoms with van der Waals surface area (Å²) in [5.74, 6) is 0.393. The topological polar surface area (TPSA) is 77.8 Å². The van der Waals surface area contributed by atoms with Gasteiger partial charge in [0.15, 0.2) is 0 Å². The smallest absolute Gasteiger partial charge is 0.229 e. The number of carbonyl (C=O) groups is 1. The van der Waals surface area contributed by atoms with E-state index in [9.17, 15) is 4.79 Å². The molecular weight excluding hydrogens is 324 g/mol. The molecule has 1 heterocycles. The van der Waals surface area contributed by atoms with Crippen LogP contribution in [0.5, 0.6) is 0 Å². The highest BCUT2D eigenvalue weighted by atomic mass is 16.1. The lowest BCUT2D eigenvalue weighted by Crippen LogP contribution is -2.15. The van der Waals surface area contributed by atoms with E-state index in [4.69, 9.17) is 5.26 Å². The first-order valence-electron chi connectivity index (χ1n) is 8.21. The van der Waals surface area contributed by atoms with E-state index in [1.807, 2.05) is 49.4 Å². The maximum Gasteiger partial charge on any atom is 0.229 e. The van der Waals surface area contributed by atoms with Crippen molar-refractivity contribution in [3.63, 3.8) is 0 Å². The molecule has 0 unspecified atom stereocenters. The van der Waals surface area contributed by atoms with Crippen LogP contribution < -0.4 is 10.6 Å². The number of pyridine rings is 1. The number of nitrogens with one attached hydrogen (secondary N) is 2. The van der Waals surface area contributed by atoms with E-state index in [2.05, 4.69) is 21.7 Å². The molecule has 0 aliphatic rings. The van der Waals surface area contributed by atoms with Gasteiger partial charge in [-0.1, -0.05) is 35.9 Å². The third-order valence-electron chi connectivity index (χ3n) is 3.76. The molecule has 0 fully saturated rings. The third kappa shape index (κ3) is 4.68. The molecule has 26 heavy (non-hydrogen) atoms. The number of nitriles is 1. The molecule has 0 saturated heterocycles. The highest BCUT2D eigenvalue weighted by Gasteiger charge is 2.05. The van der Waals surface area contributed by atoms with Crippen molar-refractivity contribution in [2.24, 2.45) is 0 Å². The van der Waals surface area contributed by atoms with Crippen molar-refractivity contribution in [2.75, 3.05) is 10.6 Å². The lowest BCUT2D eigenvalue weighted by molar-refractivity contribution is -0.115. The van der Waals surface area contributed by atoms with Crippen LogP contribution in [0.2, 0.25) is 0 Å². The van der Waals surface area contributed by atoms with Gasteiger partial charge in [0.05, 0.1) is 29.9 Å². The Labute approximate surface area is 152 Å². The Balaban J connectivity index is 1.60. The van der Waals surface area contributed by atoms with Gasteiger partial charge in [-0.2, -0.15) is 5.26 Å². The number of aromatic nitrogens is 1. The second-order valence-electron chi connectivity index (χ2n) is 5.96. The number of benzene rings is 2. The predicted octanol–water partition coefficient (Wildman–Crippen LogP) is 4.19. The molecule has 3 rings (SSSR count). The molecule has 0 aliphatic carbocycles. The van der Waals surface area contributed by atoms with Gasteiger partial charge in [-0.05, 0) is 42.8 Å². The van der Waals surface area contributed by atoms with Gasteiger partial charge in [0.2, 0.25) is 5.91 Å². The molecule has 128 valence electrons. The summed E-state index contributed by atoms with van der Waals surface area (Å²) in [5, 5.41) is 14.9. The van der Waals surface area contributed by atoms with Crippen molar-refractivity contribution in [1.29, 1.82) is 5.26 Å². The number of hydrogen-bond acceptors (Lipinski definition) is 4. The summed E-state index contributed by atoms with van der Waals surface area (Å²) in [6.45, 7) is 2.00. The molecule has 3 aromatic rings. The van der Waals surface area contributed by atoms with E-state index in [1.165, 1.54) is 0 Å². The van der Waals surface area contributed by atoms with Gasteiger partial charge in [-0.25, -0.2) is 4.98 Å². The molecular formula is C21H18N4O. The molecule has 0 saturated carbocycles. The lowest BCUT2D eigenvalue weighted by Gasteiger charge is -2.08. The highest BCUT2D eigenvalue weighted by molar-refractivity contribution is 5.91. The van der Waals surface area contributed by atoms with Crippen LogP contribution in [0.15, 0.2) is 66.9 Å². The summed E-state index contributed by atoms with van der Waals surface area (Å²) < 4.78 is 0. The van der Waals surface area contributed by atoms with Crippen LogP contribution in [0.3, 0.4) is 0 Å². The summed E-state index contributed by atoms with van der Waals surface area (Å²) in [4.78, 5) is 16.4. The van der Waals surface area contributed by atoms with Crippen LogP contribution in [0.4, 0.5) is 17.2 Å². The minimum Gasteiger partial charge on any atom is -0.354 e. The molecule has 0 bridgehead atoms. The monoisotopic (exact) mass is 342 g/mol. The number of amides is 1. The Morgan fingerprint density at radius 3 is 2.65 bits per heavy atom. The largest absolute Gasteiger partial charge is 0.354 e. The number of aryl methyl sites for hydroxylation is 1. The van der Waals surface area contributed by atoms with Gasteiger partial charge >= 0.3 is 0 Å². The molecule has 5 nitrogen and oxygen atoms in total. The Morgan fingerprint density at radius 2 is 1.92 bits per heavy atom. The van der Waals surface area contributed by atoms with Crippen LogP contribution in [0, 0.1) is 18.3 Å². The van der Waals surface area contributed by atoms with Crippen molar-refractivity contribution >= 4 is 23.1 Å². The van der Waals surface area contributed by atoms with Crippen molar-refractivity contribution in [3.05, 3.63) is 83.6 Å². The van der Waals surface area contributed by atoms with E-state index in [0.717, 1.165) is 22.5 Å². The van der Waals surface area contributed by atoms with Crippen LogP contribution in [-0.4, -0.2) is 10.9 Å². The first-order valence-corrected chi connectivity index (χ1v) is 8.21. The third-order valence-corrected chi connectivity index (χ3v) is 3.76. The number of rotatable bonds is 5. The minimum absolute atomic E-state index is 0.106. The summed E-state index contributed by atoms with van der Waals surface area (Å²) in [7, 11) is 0. The van der Waals surface area contributed by atoms with Crippen molar-refractivity contribution in [2.45, 2.75) is 13.3 Å². The summed E-state index contributed by atoms with van der Waals surface area (Å²) >= 11 is 0. The highest BCUT2D eigenvalue weighted by Crippen LogP contribution is 2.18. The van der Waals surface area contributed by atoms with E-state index in [1.54, 1.807) is 24.4 Å². The molecule has 1 aromatic heterocycles. The van der Waals surface area contributed by atoms with E-state index in [0.29, 0.717) is 17.8 Å². The zero-order valence-electron chi connectivity index (χ0n) is 14.4. The first kappa shape index (κ1) is 17.2. The Kier molecular flexibility index (Phi) is 5.25. The zero-order chi connectivity index (χ0) is 18.4. The van der Waals surface area contributed by atoms with E-state index in [-0.39, 0.29) is 5.91 Å². The molecule has 0 radical (unpaired) electrons. The second kappa shape index (κ2) is 7.95. The standard InChI is InChI=1S/C21H18N4O/c1-15-4-2-5-16(10-15)12-21(26)25-20-9-8-19(14-23-20)24-18-7-3-6-17(11-18)13-22/h2-11,14,24H,12H2,1H3,(H,23,25,26). The summed E-state index contributed by atoms with van der Waals surface area (Å²) in [6, 6.07) is 20.7. The molecule has 0 spiro atoms. The maximum atomic E-state index is 12.1. The number of hydrogen-bond donors (Lipinski definition) is 2. The van der Waals surface area contributed by atoms with Gasteiger partial charge < -0.3 is 10.6 Å². The molecule has 0 atom stereocenters. The van der Waals surface area contributed by atoms with Crippen LogP contribution >= 0.6 is 0 Å². The SMILES string of the molecule is Cc1cccc(CC(=O)Nc2ccc(Nc3cccc(C#N)c3)cn2)c1. The molecule has 0 aliphatic heterocycles. The zero-order valence-corrected chi connectivity index (χ0v) is 14.4. The van der Waals surface area contributed by atoms with E-state index < -0.39 is 0 Å². The minimum atomic E-state index is -0.106. The van der Waals surface area contributed by atoms with Gasteiger partial charge in [0, 0.05) is 5.69 Å². The predicted molar refractivity (Wildman–Crippen MR) is 102 cm³/mol. The van der Waals surface area contributed by atoms with Crippen LogP contribution in [0.1, 0.15) is 16.7 Å². The van der Waals surface area contributed by atoms with Crippen LogP contribution in [0.25, 0.3) is 0 Å². The number of nitrogens with zero attached hydrogens (tertiary/aromatic N) is 2. The summed E-state index contributed by atoms with van der Waals surface area (Å²) in [5.41, 5.74) is 4.27. The van der Waals surface area contributed by atoms with Gasteiger partial charge in [-0.15, -0.1) is 0 Å². The number of anilines is 3.